The number of hydrogen-bond donors (Lipinski definition) is 3. The molecule has 144 valence electrons. The third kappa shape index (κ3) is 6.67. The highest BCUT2D eigenvalue weighted by Crippen LogP contribution is 2.33. The molecule has 2 rings (SSSR count). The molecular formula is C20H30N2O4. The average molecular weight is 362 g/mol. The minimum atomic E-state index is -0.850. The first kappa shape index (κ1) is 20.2. The fourth-order valence-electron chi connectivity index (χ4n) is 3.39. The number of urea groups is 1. The largest absolute Gasteiger partial charge is 0.481 e. The first-order valence-electron chi connectivity index (χ1n) is 9.41. The Morgan fingerprint density at radius 2 is 1.92 bits per heavy atom. The molecule has 1 atom stereocenters. The molecule has 0 radical (unpaired) electrons. The van der Waals surface area contributed by atoms with E-state index in [1.165, 1.54) is 0 Å². The van der Waals surface area contributed by atoms with E-state index in [4.69, 9.17) is 9.84 Å². The van der Waals surface area contributed by atoms with Crippen LogP contribution >= 0.6 is 0 Å². The molecule has 0 aliphatic carbocycles. The lowest BCUT2D eigenvalue weighted by atomic mass is 9.78. The van der Waals surface area contributed by atoms with E-state index in [9.17, 15) is 9.59 Å². The Morgan fingerprint density at radius 3 is 2.54 bits per heavy atom. The Labute approximate surface area is 155 Å². The number of nitrogens with one attached hydrogen (secondary N) is 2. The average Bonchev–Trinajstić information content (AvgIpc) is 2.66. The van der Waals surface area contributed by atoms with Gasteiger partial charge in [0.1, 0.15) is 0 Å². The van der Waals surface area contributed by atoms with Crippen LogP contribution in [0.5, 0.6) is 0 Å². The van der Waals surface area contributed by atoms with Crippen LogP contribution in [0.4, 0.5) is 4.79 Å². The van der Waals surface area contributed by atoms with Crippen LogP contribution in [0, 0.1) is 5.41 Å². The van der Waals surface area contributed by atoms with Crippen molar-refractivity contribution in [1.82, 2.24) is 10.6 Å². The Balaban J connectivity index is 1.88. The van der Waals surface area contributed by atoms with Crippen molar-refractivity contribution in [3.63, 3.8) is 0 Å². The summed E-state index contributed by atoms with van der Waals surface area (Å²) >= 11 is 0. The van der Waals surface area contributed by atoms with Gasteiger partial charge in [-0.05, 0) is 43.1 Å². The van der Waals surface area contributed by atoms with Crippen molar-refractivity contribution >= 4 is 12.0 Å². The second-order valence-corrected chi connectivity index (χ2v) is 7.11. The summed E-state index contributed by atoms with van der Waals surface area (Å²) < 4.78 is 5.43. The fourth-order valence-corrected chi connectivity index (χ4v) is 3.39. The summed E-state index contributed by atoms with van der Waals surface area (Å²) in [6, 6.07) is 9.37. The van der Waals surface area contributed by atoms with E-state index in [-0.39, 0.29) is 23.9 Å². The van der Waals surface area contributed by atoms with Crippen molar-refractivity contribution in [2.75, 3.05) is 19.8 Å². The molecule has 0 aromatic heterocycles. The number of rotatable bonds is 9. The van der Waals surface area contributed by atoms with Gasteiger partial charge in [0.05, 0.1) is 0 Å². The summed E-state index contributed by atoms with van der Waals surface area (Å²) in [7, 11) is 0. The molecule has 3 N–H and O–H groups in total. The number of carbonyl (C=O) groups is 2. The van der Waals surface area contributed by atoms with Crippen LogP contribution in [-0.4, -0.2) is 42.9 Å². The van der Waals surface area contributed by atoms with Crippen LogP contribution in [0.15, 0.2) is 30.3 Å². The van der Waals surface area contributed by atoms with Gasteiger partial charge in [0.25, 0.3) is 0 Å². The Morgan fingerprint density at radius 1 is 1.23 bits per heavy atom. The summed E-state index contributed by atoms with van der Waals surface area (Å²) in [4.78, 5) is 23.3. The molecule has 1 aliphatic heterocycles. The van der Waals surface area contributed by atoms with Crippen LogP contribution in [0.3, 0.4) is 0 Å². The van der Waals surface area contributed by atoms with Crippen molar-refractivity contribution < 1.29 is 19.4 Å². The van der Waals surface area contributed by atoms with E-state index in [0.29, 0.717) is 19.4 Å². The maximum Gasteiger partial charge on any atom is 0.315 e. The fraction of sp³-hybridized carbons (Fsp3) is 0.600. The third-order valence-corrected chi connectivity index (χ3v) is 5.29. The second-order valence-electron chi connectivity index (χ2n) is 7.11. The van der Waals surface area contributed by atoms with Crippen LogP contribution in [-0.2, 0) is 16.0 Å². The van der Waals surface area contributed by atoms with Crippen LogP contribution in [0.25, 0.3) is 0 Å². The zero-order valence-corrected chi connectivity index (χ0v) is 15.5. The molecule has 2 amide bonds. The van der Waals surface area contributed by atoms with Crippen molar-refractivity contribution in [3.8, 4) is 0 Å². The molecule has 1 aliphatic rings. The van der Waals surface area contributed by atoms with E-state index in [0.717, 1.165) is 38.0 Å². The number of carboxylic acids is 1. The summed E-state index contributed by atoms with van der Waals surface area (Å²) in [6.45, 7) is 4.25. The molecule has 1 fully saturated rings. The molecule has 26 heavy (non-hydrogen) atoms. The quantitative estimate of drug-likeness (QED) is 0.630. The maximum absolute atomic E-state index is 12.4. The number of carboxylic acid groups (broad SMARTS) is 1. The topological polar surface area (TPSA) is 87.7 Å². The highest BCUT2D eigenvalue weighted by molar-refractivity contribution is 5.74. The molecule has 1 unspecified atom stereocenters. The summed E-state index contributed by atoms with van der Waals surface area (Å²) in [5.74, 6) is -0.850. The second kappa shape index (κ2) is 10.2. The number of aliphatic carboxylic acids is 1. The van der Waals surface area contributed by atoms with Crippen LogP contribution < -0.4 is 10.6 Å². The van der Waals surface area contributed by atoms with Crippen molar-refractivity contribution in [3.05, 3.63) is 35.9 Å². The van der Waals surface area contributed by atoms with Gasteiger partial charge in [0.15, 0.2) is 0 Å². The van der Waals surface area contributed by atoms with E-state index >= 15 is 0 Å². The number of amides is 2. The molecule has 0 saturated carbocycles. The van der Waals surface area contributed by atoms with Gasteiger partial charge in [-0.3, -0.25) is 4.79 Å². The molecule has 1 saturated heterocycles. The van der Waals surface area contributed by atoms with Gasteiger partial charge < -0.3 is 20.5 Å². The van der Waals surface area contributed by atoms with Crippen molar-refractivity contribution in [2.24, 2.45) is 5.41 Å². The van der Waals surface area contributed by atoms with E-state index < -0.39 is 5.97 Å². The number of carbonyl (C=O) groups excluding carboxylic acids is 1. The molecule has 0 bridgehead atoms. The number of benzene rings is 1. The lowest BCUT2D eigenvalue weighted by Crippen LogP contribution is -2.48. The van der Waals surface area contributed by atoms with Crippen molar-refractivity contribution in [2.45, 2.75) is 51.5 Å². The van der Waals surface area contributed by atoms with E-state index in [1.54, 1.807) is 0 Å². The lowest BCUT2D eigenvalue weighted by Gasteiger charge is -2.36. The summed E-state index contributed by atoms with van der Waals surface area (Å²) in [5.41, 5.74) is 1.18. The Hall–Kier alpha value is -2.08. The summed E-state index contributed by atoms with van der Waals surface area (Å²) in [6.07, 6.45) is 3.97. The third-order valence-electron chi connectivity index (χ3n) is 5.29. The maximum atomic E-state index is 12.4. The SMILES string of the molecule is CCC1(CNC(=O)NC(CCC(=O)O)Cc2ccccc2)CCOCC1. The van der Waals surface area contributed by atoms with Gasteiger partial charge in [-0.2, -0.15) is 0 Å². The normalized spacial score (nSPS) is 17.3. The van der Waals surface area contributed by atoms with Gasteiger partial charge in [0, 0.05) is 32.2 Å². The first-order chi connectivity index (χ1) is 12.5. The molecule has 6 heteroatoms. The van der Waals surface area contributed by atoms with E-state index in [1.807, 2.05) is 30.3 Å². The molecule has 6 nitrogen and oxygen atoms in total. The lowest BCUT2D eigenvalue weighted by molar-refractivity contribution is -0.137. The molecule has 1 aromatic carbocycles. The van der Waals surface area contributed by atoms with Gasteiger partial charge in [-0.1, -0.05) is 37.3 Å². The Bertz CT molecular complexity index is 570. The molecule has 1 aromatic rings. The zero-order valence-electron chi connectivity index (χ0n) is 15.5. The molecule has 1 heterocycles. The van der Waals surface area contributed by atoms with Gasteiger partial charge in [0.2, 0.25) is 0 Å². The molecule has 0 spiro atoms. The van der Waals surface area contributed by atoms with Crippen LogP contribution in [0.2, 0.25) is 0 Å². The minimum absolute atomic E-state index is 0.0357. The number of ether oxygens (including phenoxy) is 1. The monoisotopic (exact) mass is 362 g/mol. The standard InChI is InChI=1S/C20H30N2O4/c1-2-20(10-12-26-13-11-20)15-21-19(25)22-17(8-9-18(23)24)14-16-6-4-3-5-7-16/h3-7,17H,2,8-15H2,1H3,(H,23,24)(H2,21,22,25). The molecular weight excluding hydrogens is 332 g/mol. The van der Waals surface area contributed by atoms with Gasteiger partial charge >= 0.3 is 12.0 Å². The summed E-state index contributed by atoms with van der Waals surface area (Å²) in [5, 5.41) is 14.9. The van der Waals surface area contributed by atoms with Crippen molar-refractivity contribution in [1.29, 1.82) is 0 Å². The number of hydrogen-bond acceptors (Lipinski definition) is 3. The van der Waals surface area contributed by atoms with Crippen LogP contribution in [0.1, 0.15) is 44.6 Å². The highest BCUT2D eigenvalue weighted by Gasteiger charge is 2.31. The predicted molar refractivity (Wildman–Crippen MR) is 100 cm³/mol. The van der Waals surface area contributed by atoms with Gasteiger partial charge in [-0.25, -0.2) is 4.79 Å². The van der Waals surface area contributed by atoms with E-state index in [2.05, 4.69) is 17.6 Å². The predicted octanol–water partition coefficient (Wildman–Crippen LogP) is 2.97. The van der Waals surface area contributed by atoms with Gasteiger partial charge in [-0.15, -0.1) is 0 Å². The zero-order chi connectivity index (χ0) is 18.8. The Kier molecular flexibility index (Phi) is 7.91. The first-order valence-corrected chi connectivity index (χ1v) is 9.41. The highest BCUT2D eigenvalue weighted by atomic mass is 16.5. The smallest absolute Gasteiger partial charge is 0.315 e. The minimum Gasteiger partial charge on any atom is -0.481 e.